The number of ether oxygens (including phenoxy) is 3. The van der Waals surface area contributed by atoms with Crippen molar-refractivity contribution in [3.8, 4) is 23.0 Å². The number of hydrogen-bond donors (Lipinski definition) is 1. The molecule has 1 N–H and O–H groups in total. The molecule has 0 unspecified atom stereocenters. The highest BCUT2D eigenvalue weighted by Gasteiger charge is 2.12. The van der Waals surface area contributed by atoms with E-state index in [4.69, 9.17) is 19.0 Å². The van der Waals surface area contributed by atoms with E-state index in [0.29, 0.717) is 35.1 Å². The molecule has 0 aliphatic heterocycles. The molecule has 0 radical (unpaired) electrons. The number of para-hydroxylation sites is 1. The molecule has 184 valence electrons. The van der Waals surface area contributed by atoms with Gasteiger partial charge >= 0.3 is 5.97 Å². The number of carboxylic acid groups (broad SMARTS) is 1. The molecular formula is C28H31NO6. The summed E-state index contributed by atoms with van der Waals surface area (Å²) in [6.45, 7) is 6.40. The molecule has 0 heterocycles. The van der Waals surface area contributed by atoms with Crippen molar-refractivity contribution >= 4 is 11.7 Å². The second kappa shape index (κ2) is 13.0. The Balaban J connectivity index is 1.82. The molecule has 0 amide bonds. The lowest BCUT2D eigenvalue weighted by Gasteiger charge is -2.15. The number of nitrogens with zero attached hydrogens (tertiary/aromatic N) is 1. The van der Waals surface area contributed by atoms with Crippen molar-refractivity contribution in [1.82, 2.24) is 0 Å². The number of carbonyl (C=O) groups is 1. The Morgan fingerprint density at radius 2 is 1.66 bits per heavy atom. The van der Waals surface area contributed by atoms with Gasteiger partial charge in [-0.15, -0.1) is 0 Å². The average molecular weight is 478 g/mol. The fourth-order valence-corrected chi connectivity index (χ4v) is 3.22. The first kappa shape index (κ1) is 25.6. The van der Waals surface area contributed by atoms with Gasteiger partial charge in [-0.2, -0.15) is 0 Å². The highest BCUT2D eigenvalue weighted by molar-refractivity contribution is 6.01. The SMILES string of the molecule is CCCON=C(COc1cc(CC(=O)O)cc(OC(C)C)c1)c1cccc(Oc2ccccc2)c1. The number of rotatable bonds is 13. The number of carboxylic acids is 1. The Hall–Kier alpha value is -4.00. The third kappa shape index (κ3) is 8.70. The van der Waals surface area contributed by atoms with E-state index in [-0.39, 0.29) is 19.1 Å². The van der Waals surface area contributed by atoms with Crippen LogP contribution in [-0.2, 0) is 16.1 Å². The lowest BCUT2D eigenvalue weighted by atomic mass is 10.1. The van der Waals surface area contributed by atoms with Gasteiger partial charge in [0.15, 0.2) is 0 Å². The molecule has 0 fully saturated rings. The summed E-state index contributed by atoms with van der Waals surface area (Å²) in [7, 11) is 0. The standard InChI is InChI=1S/C28H31NO6/c1-4-13-33-29-27(22-9-8-12-24(17-22)35-23-10-6-5-7-11-23)19-32-25-14-21(16-28(30)31)15-26(18-25)34-20(2)3/h5-12,14-15,17-18,20H,4,13,16,19H2,1-3H3,(H,30,31). The Morgan fingerprint density at radius 1 is 0.914 bits per heavy atom. The van der Waals surface area contributed by atoms with E-state index in [9.17, 15) is 9.90 Å². The molecule has 0 saturated carbocycles. The van der Waals surface area contributed by atoms with Crippen LogP contribution in [0.2, 0.25) is 0 Å². The fourth-order valence-electron chi connectivity index (χ4n) is 3.22. The van der Waals surface area contributed by atoms with Crippen LogP contribution in [0.25, 0.3) is 0 Å². The number of oxime groups is 1. The van der Waals surface area contributed by atoms with E-state index in [1.165, 1.54) is 0 Å². The van der Waals surface area contributed by atoms with Crippen molar-refractivity contribution in [2.45, 2.75) is 39.7 Å². The van der Waals surface area contributed by atoms with E-state index in [1.54, 1.807) is 18.2 Å². The zero-order chi connectivity index (χ0) is 25.0. The minimum atomic E-state index is -0.928. The smallest absolute Gasteiger partial charge is 0.307 e. The van der Waals surface area contributed by atoms with Crippen LogP contribution in [0.4, 0.5) is 0 Å². The first-order valence-electron chi connectivity index (χ1n) is 11.6. The molecule has 35 heavy (non-hydrogen) atoms. The fraction of sp³-hybridized carbons (Fsp3) is 0.286. The molecule has 0 aliphatic carbocycles. The van der Waals surface area contributed by atoms with Crippen molar-refractivity contribution in [3.63, 3.8) is 0 Å². The van der Waals surface area contributed by atoms with Crippen LogP contribution < -0.4 is 14.2 Å². The monoisotopic (exact) mass is 477 g/mol. The minimum absolute atomic E-state index is 0.0603. The van der Waals surface area contributed by atoms with Gasteiger partial charge in [0.2, 0.25) is 0 Å². The van der Waals surface area contributed by atoms with Crippen LogP contribution in [0, 0.1) is 0 Å². The minimum Gasteiger partial charge on any atom is -0.491 e. The Morgan fingerprint density at radius 3 is 2.37 bits per heavy atom. The maximum atomic E-state index is 11.2. The van der Waals surface area contributed by atoms with Crippen molar-refractivity contribution in [3.05, 3.63) is 83.9 Å². The molecule has 7 heteroatoms. The average Bonchev–Trinajstić information content (AvgIpc) is 2.81. The third-order valence-electron chi connectivity index (χ3n) is 4.66. The lowest BCUT2D eigenvalue weighted by Crippen LogP contribution is -2.15. The van der Waals surface area contributed by atoms with Gasteiger partial charge in [0.25, 0.3) is 0 Å². The number of hydrogen-bond acceptors (Lipinski definition) is 6. The summed E-state index contributed by atoms with van der Waals surface area (Å²) in [5.74, 6) is 1.50. The molecule has 0 atom stereocenters. The highest BCUT2D eigenvalue weighted by Crippen LogP contribution is 2.26. The zero-order valence-electron chi connectivity index (χ0n) is 20.3. The molecule has 0 bridgehead atoms. The van der Waals surface area contributed by atoms with Gasteiger partial charge in [-0.05, 0) is 62.2 Å². The van der Waals surface area contributed by atoms with Gasteiger partial charge in [-0.25, -0.2) is 0 Å². The summed E-state index contributed by atoms with van der Waals surface area (Å²) in [5.41, 5.74) is 1.95. The van der Waals surface area contributed by atoms with Crippen LogP contribution in [0.5, 0.6) is 23.0 Å². The lowest BCUT2D eigenvalue weighted by molar-refractivity contribution is -0.136. The molecule has 7 nitrogen and oxygen atoms in total. The second-order valence-electron chi connectivity index (χ2n) is 8.15. The summed E-state index contributed by atoms with van der Waals surface area (Å²) < 4.78 is 17.8. The van der Waals surface area contributed by atoms with Crippen molar-refractivity contribution in [2.24, 2.45) is 5.16 Å². The predicted molar refractivity (Wildman–Crippen MR) is 135 cm³/mol. The van der Waals surface area contributed by atoms with Crippen molar-refractivity contribution < 1.29 is 28.9 Å². The van der Waals surface area contributed by atoms with Crippen molar-refractivity contribution in [1.29, 1.82) is 0 Å². The summed E-state index contributed by atoms with van der Waals surface area (Å²) in [6, 6.07) is 22.2. The van der Waals surface area contributed by atoms with E-state index < -0.39 is 5.97 Å². The molecule has 3 rings (SSSR count). The van der Waals surface area contributed by atoms with Gasteiger partial charge in [0.1, 0.15) is 41.9 Å². The van der Waals surface area contributed by atoms with Crippen LogP contribution in [0.15, 0.2) is 78.0 Å². The summed E-state index contributed by atoms with van der Waals surface area (Å²) in [4.78, 5) is 16.7. The Kier molecular flexibility index (Phi) is 9.54. The topological polar surface area (TPSA) is 86.6 Å². The Labute approximate surface area is 205 Å². The molecule has 3 aromatic rings. The maximum absolute atomic E-state index is 11.2. The van der Waals surface area contributed by atoms with Crippen molar-refractivity contribution in [2.75, 3.05) is 13.2 Å². The summed E-state index contributed by atoms with van der Waals surface area (Å²) in [5, 5.41) is 13.5. The van der Waals surface area contributed by atoms with Gasteiger partial charge < -0.3 is 24.2 Å². The number of benzene rings is 3. The first-order chi connectivity index (χ1) is 16.9. The quantitative estimate of drug-likeness (QED) is 0.182. The zero-order valence-corrected chi connectivity index (χ0v) is 20.3. The molecular weight excluding hydrogens is 446 g/mol. The Bertz CT molecular complexity index is 1130. The van der Waals surface area contributed by atoms with Crippen LogP contribution in [0.1, 0.15) is 38.3 Å². The van der Waals surface area contributed by atoms with E-state index in [0.717, 1.165) is 17.7 Å². The maximum Gasteiger partial charge on any atom is 0.307 e. The first-order valence-corrected chi connectivity index (χ1v) is 11.6. The van der Waals surface area contributed by atoms with E-state index in [2.05, 4.69) is 5.16 Å². The number of aliphatic carboxylic acids is 1. The van der Waals surface area contributed by atoms with Gasteiger partial charge in [-0.1, -0.05) is 42.4 Å². The predicted octanol–water partition coefficient (Wildman–Crippen LogP) is 6.10. The van der Waals surface area contributed by atoms with E-state index in [1.807, 2.05) is 75.4 Å². The molecule has 0 saturated heterocycles. The molecule has 3 aromatic carbocycles. The molecule has 0 aliphatic rings. The van der Waals surface area contributed by atoms with Crippen LogP contribution in [-0.4, -0.2) is 36.1 Å². The molecule has 0 spiro atoms. The normalized spacial score (nSPS) is 11.3. The van der Waals surface area contributed by atoms with Gasteiger partial charge in [0.05, 0.1) is 12.5 Å². The van der Waals surface area contributed by atoms with E-state index >= 15 is 0 Å². The third-order valence-corrected chi connectivity index (χ3v) is 4.66. The van der Waals surface area contributed by atoms with Crippen LogP contribution in [0.3, 0.4) is 0 Å². The summed E-state index contributed by atoms with van der Waals surface area (Å²) >= 11 is 0. The highest BCUT2D eigenvalue weighted by atomic mass is 16.6. The van der Waals surface area contributed by atoms with Gasteiger partial charge in [-0.3, -0.25) is 4.79 Å². The van der Waals surface area contributed by atoms with Gasteiger partial charge in [0, 0.05) is 11.6 Å². The summed E-state index contributed by atoms with van der Waals surface area (Å²) in [6.07, 6.45) is 0.627. The van der Waals surface area contributed by atoms with Crippen LogP contribution >= 0.6 is 0 Å². The molecule has 0 aromatic heterocycles. The largest absolute Gasteiger partial charge is 0.491 e. The second-order valence-corrected chi connectivity index (χ2v) is 8.15.